The van der Waals surface area contributed by atoms with Crippen LogP contribution in [0.25, 0.3) is 33.5 Å². The van der Waals surface area contributed by atoms with Crippen LogP contribution in [0.15, 0.2) is 98.2 Å². The Kier molecular flexibility index (Phi) is 8.38. The van der Waals surface area contributed by atoms with Gasteiger partial charge in [0.05, 0.1) is 31.3 Å². The first-order valence-electron chi connectivity index (χ1n) is 14.4. The first kappa shape index (κ1) is 30.6. The summed E-state index contributed by atoms with van der Waals surface area (Å²) in [5, 5.41) is 16.2. The Morgan fingerprint density at radius 1 is 1.04 bits per heavy atom. The van der Waals surface area contributed by atoms with E-state index in [1.165, 1.54) is 30.4 Å². The summed E-state index contributed by atoms with van der Waals surface area (Å²) in [6.45, 7) is 3.75. The van der Waals surface area contributed by atoms with Crippen molar-refractivity contribution in [3.63, 3.8) is 0 Å². The number of nitrogens with zero attached hydrogens (tertiary/aromatic N) is 5. The van der Waals surface area contributed by atoms with Gasteiger partial charge in [-0.15, -0.1) is 0 Å². The average Bonchev–Trinajstić information content (AvgIpc) is 3.83. The molecular formula is C33H28N6O8. The Bertz CT molecular complexity index is 2180. The minimum absolute atomic E-state index is 0.104. The molecule has 0 aliphatic rings. The fraction of sp³-hybridized carbons (Fsp3) is 0.152. The monoisotopic (exact) mass is 636 g/mol. The number of nitrogens with one attached hydrogen (secondary N) is 1. The number of rotatable bonds is 8. The smallest absolute Gasteiger partial charge is 0.465 e. The summed E-state index contributed by atoms with van der Waals surface area (Å²) in [4.78, 5) is 46.5. The van der Waals surface area contributed by atoms with Gasteiger partial charge < -0.3 is 23.5 Å². The SMILES string of the molecule is CCOc1nc2c(-c3oc(=O)oc3C)ccc(C(=O)OC)c2n1Cc1ccc(-c2ccccc2)c(C(=NO)NC(=O)n2ccnc2)c1. The molecule has 14 nitrogen and oxygen atoms in total. The van der Waals surface area contributed by atoms with Crippen LogP contribution in [0.5, 0.6) is 6.01 Å². The lowest BCUT2D eigenvalue weighted by molar-refractivity contribution is 0.0602. The molecule has 0 spiro atoms. The van der Waals surface area contributed by atoms with E-state index in [0.717, 1.165) is 5.56 Å². The van der Waals surface area contributed by atoms with Gasteiger partial charge in [-0.05, 0) is 48.7 Å². The van der Waals surface area contributed by atoms with Gasteiger partial charge in [0, 0.05) is 23.5 Å². The second kappa shape index (κ2) is 12.9. The Labute approximate surface area is 266 Å². The molecule has 0 aliphatic carbocycles. The van der Waals surface area contributed by atoms with Crippen LogP contribution in [-0.2, 0) is 11.3 Å². The highest BCUT2D eigenvalue weighted by Gasteiger charge is 2.26. The number of imidazole rings is 2. The quantitative estimate of drug-likeness (QED) is 0.0756. The van der Waals surface area contributed by atoms with Gasteiger partial charge in [-0.2, -0.15) is 4.98 Å². The lowest BCUT2D eigenvalue weighted by Gasteiger charge is -2.16. The van der Waals surface area contributed by atoms with Gasteiger partial charge in [0.2, 0.25) is 0 Å². The number of oxime groups is 1. The Hall–Kier alpha value is -6.44. The average molecular weight is 637 g/mol. The first-order valence-corrected chi connectivity index (χ1v) is 14.4. The van der Waals surface area contributed by atoms with E-state index in [-0.39, 0.29) is 42.1 Å². The number of hydrogen-bond donors (Lipinski definition) is 2. The molecule has 0 radical (unpaired) electrons. The molecule has 3 aromatic heterocycles. The van der Waals surface area contributed by atoms with E-state index in [0.29, 0.717) is 33.3 Å². The molecule has 1 amide bonds. The number of hydrogen-bond acceptors (Lipinski definition) is 11. The van der Waals surface area contributed by atoms with Crippen LogP contribution in [0.4, 0.5) is 4.79 Å². The lowest BCUT2D eigenvalue weighted by atomic mass is 9.96. The Morgan fingerprint density at radius 3 is 2.49 bits per heavy atom. The summed E-state index contributed by atoms with van der Waals surface area (Å²) >= 11 is 0. The van der Waals surface area contributed by atoms with E-state index < -0.39 is 17.8 Å². The summed E-state index contributed by atoms with van der Waals surface area (Å²) < 4.78 is 24.3. The molecule has 14 heteroatoms. The van der Waals surface area contributed by atoms with Crippen LogP contribution in [0, 0.1) is 6.92 Å². The maximum atomic E-state index is 13.0. The number of aromatic nitrogens is 4. The van der Waals surface area contributed by atoms with Gasteiger partial charge in [0.25, 0.3) is 6.01 Å². The molecule has 0 bridgehead atoms. The molecular weight excluding hydrogens is 608 g/mol. The first-order chi connectivity index (χ1) is 22.8. The van der Waals surface area contributed by atoms with E-state index >= 15 is 0 Å². The molecule has 0 atom stereocenters. The van der Waals surface area contributed by atoms with Crippen molar-refractivity contribution >= 4 is 28.9 Å². The van der Waals surface area contributed by atoms with Gasteiger partial charge in [0.15, 0.2) is 17.4 Å². The van der Waals surface area contributed by atoms with Crippen molar-refractivity contribution in [2.75, 3.05) is 13.7 Å². The summed E-state index contributed by atoms with van der Waals surface area (Å²) in [7, 11) is 1.27. The maximum absolute atomic E-state index is 13.0. The number of esters is 1. The number of fused-ring (bicyclic) bond motifs is 1. The summed E-state index contributed by atoms with van der Waals surface area (Å²) in [5.41, 5.74) is 3.85. The predicted octanol–water partition coefficient (Wildman–Crippen LogP) is 5.05. The van der Waals surface area contributed by atoms with E-state index in [1.54, 1.807) is 36.6 Å². The Balaban J connectivity index is 1.52. The van der Waals surface area contributed by atoms with E-state index in [9.17, 15) is 19.6 Å². The molecule has 3 aromatic carbocycles. The number of methoxy groups -OCH3 is 1. The molecule has 3 heterocycles. The van der Waals surface area contributed by atoms with Crippen molar-refractivity contribution in [2.24, 2.45) is 5.16 Å². The lowest BCUT2D eigenvalue weighted by Crippen LogP contribution is -2.34. The van der Waals surface area contributed by atoms with Crippen LogP contribution < -0.4 is 15.9 Å². The van der Waals surface area contributed by atoms with E-state index in [2.05, 4.69) is 15.5 Å². The third-order valence-electron chi connectivity index (χ3n) is 7.35. The van der Waals surface area contributed by atoms with Gasteiger partial charge in [-0.3, -0.25) is 14.5 Å². The zero-order chi connectivity index (χ0) is 33.1. The van der Waals surface area contributed by atoms with Crippen molar-refractivity contribution in [3.8, 4) is 28.5 Å². The number of ether oxygens (including phenoxy) is 2. The van der Waals surface area contributed by atoms with Crippen molar-refractivity contribution in [1.82, 2.24) is 24.4 Å². The molecule has 0 saturated carbocycles. The molecule has 47 heavy (non-hydrogen) atoms. The molecule has 6 rings (SSSR count). The third-order valence-corrected chi connectivity index (χ3v) is 7.35. The normalized spacial score (nSPS) is 11.5. The predicted molar refractivity (Wildman–Crippen MR) is 169 cm³/mol. The highest BCUT2D eigenvalue weighted by Crippen LogP contribution is 2.36. The molecule has 0 aliphatic heterocycles. The van der Waals surface area contributed by atoms with Crippen molar-refractivity contribution in [2.45, 2.75) is 20.4 Å². The zero-order valence-corrected chi connectivity index (χ0v) is 25.5. The number of carbonyl (C=O) groups excluding carboxylic acids is 2. The highest BCUT2D eigenvalue weighted by molar-refractivity contribution is 6.11. The van der Waals surface area contributed by atoms with Crippen molar-refractivity contribution in [1.29, 1.82) is 0 Å². The van der Waals surface area contributed by atoms with Crippen LogP contribution in [0.1, 0.15) is 34.2 Å². The van der Waals surface area contributed by atoms with Gasteiger partial charge in [-0.1, -0.05) is 47.6 Å². The molecule has 238 valence electrons. The highest BCUT2D eigenvalue weighted by atomic mass is 16.6. The van der Waals surface area contributed by atoms with Crippen LogP contribution in [-0.4, -0.2) is 55.9 Å². The minimum atomic E-state index is -0.875. The van der Waals surface area contributed by atoms with Crippen LogP contribution in [0.2, 0.25) is 0 Å². The van der Waals surface area contributed by atoms with E-state index in [4.69, 9.17) is 23.3 Å². The molecule has 6 aromatic rings. The summed E-state index contributed by atoms with van der Waals surface area (Å²) in [6.07, 6.45) is 4.23. The standard InChI is InChI=1S/C33H28N6O8/c1-4-45-32-35-26-23(28-19(2)46-33(42)47-28)12-13-24(30(40)44-3)27(26)39(32)17-20-10-11-22(21-8-6-5-7-9-21)25(16-20)29(37-43)36-31(41)38-15-14-34-18-38/h5-16,18,43H,4,17H2,1-3H3,(H,36,37,41). The maximum Gasteiger partial charge on any atom is 0.519 e. The minimum Gasteiger partial charge on any atom is -0.465 e. The van der Waals surface area contributed by atoms with Gasteiger partial charge in [-0.25, -0.2) is 19.4 Å². The Morgan fingerprint density at radius 2 is 1.83 bits per heavy atom. The van der Waals surface area contributed by atoms with Crippen LogP contribution >= 0.6 is 0 Å². The fourth-order valence-electron chi connectivity index (χ4n) is 5.28. The number of aryl methyl sites for hydroxylation is 1. The number of amides is 1. The molecule has 0 unspecified atom stereocenters. The number of amidine groups is 1. The summed E-state index contributed by atoms with van der Waals surface area (Å²) in [5.74, 6) is -1.19. The van der Waals surface area contributed by atoms with E-state index in [1.807, 2.05) is 42.5 Å². The third kappa shape index (κ3) is 5.86. The molecule has 2 N–H and O–H groups in total. The number of carbonyl (C=O) groups is 2. The zero-order valence-electron chi connectivity index (χ0n) is 25.5. The molecule has 0 saturated heterocycles. The second-order valence-corrected chi connectivity index (χ2v) is 10.2. The van der Waals surface area contributed by atoms with Crippen molar-refractivity contribution < 1.29 is 33.1 Å². The topological polar surface area (TPSA) is 176 Å². The fourth-order valence-corrected chi connectivity index (χ4v) is 5.28. The molecule has 0 fully saturated rings. The van der Waals surface area contributed by atoms with Gasteiger partial charge in [0.1, 0.15) is 11.8 Å². The van der Waals surface area contributed by atoms with Crippen LogP contribution in [0.3, 0.4) is 0 Å². The number of benzene rings is 3. The largest absolute Gasteiger partial charge is 0.519 e. The summed E-state index contributed by atoms with van der Waals surface area (Å²) in [6, 6.07) is 17.6. The van der Waals surface area contributed by atoms with Gasteiger partial charge >= 0.3 is 17.8 Å². The second-order valence-electron chi connectivity index (χ2n) is 10.2. The van der Waals surface area contributed by atoms with Crippen molar-refractivity contribution in [3.05, 3.63) is 112 Å².